The van der Waals surface area contributed by atoms with E-state index in [1.807, 2.05) is 6.21 Å². The van der Waals surface area contributed by atoms with Crippen molar-refractivity contribution in [1.82, 2.24) is 0 Å². The number of hydrogen-bond donors (Lipinski definition) is 1. The second-order valence-corrected chi connectivity index (χ2v) is 7.01. The third-order valence-corrected chi connectivity index (χ3v) is 4.72. The molecule has 0 aromatic heterocycles. The van der Waals surface area contributed by atoms with E-state index in [2.05, 4.69) is 60.4 Å². The highest BCUT2D eigenvalue weighted by Gasteiger charge is 1.96. The molecule has 0 aliphatic rings. The first-order valence-corrected chi connectivity index (χ1v) is 10.1. The van der Waals surface area contributed by atoms with Crippen LogP contribution < -0.4 is 0 Å². The van der Waals surface area contributed by atoms with E-state index in [4.69, 9.17) is 5.11 Å². The van der Waals surface area contributed by atoms with Gasteiger partial charge in [0.1, 0.15) is 0 Å². The van der Waals surface area contributed by atoms with Crippen molar-refractivity contribution in [1.29, 1.82) is 0 Å². The number of aliphatic hydroxyl groups is 1. The van der Waals surface area contributed by atoms with Gasteiger partial charge >= 0.3 is 0 Å². The molecule has 0 unspecified atom stereocenters. The van der Waals surface area contributed by atoms with Gasteiger partial charge in [-0.15, -0.1) is 0 Å². The molecule has 0 fully saturated rings. The first-order chi connectivity index (χ1) is 12.8. The summed E-state index contributed by atoms with van der Waals surface area (Å²) in [5.74, 6) is 0. The van der Waals surface area contributed by atoms with Crippen molar-refractivity contribution in [3.8, 4) is 0 Å². The average Bonchev–Trinajstić information content (AvgIpc) is 2.69. The lowest BCUT2D eigenvalue weighted by atomic mass is 10.0. The van der Waals surface area contributed by atoms with Crippen LogP contribution in [-0.2, 0) is 12.8 Å². The summed E-state index contributed by atoms with van der Waals surface area (Å²) in [7, 11) is 0. The zero-order valence-electron chi connectivity index (χ0n) is 16.2. The van der Waals surface area contributed by atoms with Gasteiger partial charge in [0.05, 0.1) is 5.69 Å². The highest BCUT2D eigenvalue weighted by atomic mass is 16.2. The quantitative estimate of drug-likeness (QED) is 0.355. The first kappa shape index (κ1) is 20.4. The molecule has 2 aromatic rings. The number of benzene rings is 2. The molecule has 140 valence electrons. The van der Waals surface area contributed by atoms with E-state index in [0.29, 0.717) is 6.61 Å². The molecule has 0 saturated carbocycles. The van der Waals surface area contributed by atoms with E-state index in [0.717, 1.165) is 36.9 Å². The zero-order chi connectivity index (χ0) is 18.5. The minimum Gasteiger partial charge on any atom is -0.396 e. The Kier molecular flexibility index (Phi) is 9.74. The Bertz CT molecular complexity index is 628. The lowest BCUT2D eigenvalue weighted by molar-refractivity contribution is 0.282. The fraction of sp³-hybridized carbons (Fsp3) is 0.458. The maximum absolute atomic E-state index is 8.78. The third kappa shape index (κ3) is 7.97. The molecule has 0 saturated heterocycles. The Balaban J connectivity index is 1.76. The molecule has 0 aliphatic carbocycles. The predicted molar refractivity (Wildman–Crippen MR) is 113 cm³/mol. The lowest BCUT2D eigenvalue weighted by Gasteiger charge is -2.03. The maximum Gasteiger partial charge on any atom is 0.0630 e. The molecule has 2 heteroatoms. The Morgan fingerprint density at radius 3 is 1.96 bits per heavy atom. The van der Waals surface area contributed by atoms with Gasteiger partial charge in [0.15, 0.2) is 0 Å². The Morgan fingerprint density at radius 1 is 0.731 bits per heavy atom. The van der Waals surface area contributed by atoms with Crippen LogP contribution in [0.4, 0.5) is 5.69 Å². The van der Waals surface area contributed by atoms with E-state index in [9.17, 15) is 0 Å². The van der Waals surface area contributed by atoms with Crippen LogP contribution >= 0.6 is 0 Å². The summed E-state index contributed by atoms with van der Waals surface area (Å²) in [6.07, 6.45) is 12.5. The number of unbranched alkanes of at least 4 members (excludes halogenated alkanes) is 5. The summed E-state index contributed by atoms with van der Waals surface area (Å²) in [5.41, 5.74) is 4.94. The third-order valence-electron chi connectivity index (χ3n) is 4.72. The van der Waals surface area contributed by atoms with Crippen LogP contribution in [0.15, 0.2) is 53.5 Å². The highest BCUT2D eigenvalue weighted by Crippen LogP contribution is 2.15. The molecule has 0 heterocycles. The van der Waals surface area contributed by atoms with Crippen LogP contribution in [0.5, 0.6) is 0 Å². The van der Waals surface area contributed by atoms with Gasteiger partial charge in [-0.2, -0.15) is 0 Å². The summed E-state index contributed by atoms with van der Waals surface area (Å²) in [6, 6.07) is 17.3. The van der Waals surface area contributed by atoms with Crippen LogP contribution in [0.3, 0.4) is 0 Å². The van der Waals surface area contributed by atoms with Crippen LogP contribution in [0, 0.1) is 0 Å². The molecule has 0 radical (unpaired) electrons. The number of aliphatic imine (C=N–C) groups is 1. The first-order valence-electron chi connectivity index (χ1n) is 10.1. The number of nitrogens with zero attached hydrogens (tertiary/aromatic N) is 1. The molecule has 0 spiro atoms. The molecular weight excluding hydrogens is 318 g/mol. The minimum atomic E-state index is 0.325. The minimum absolute atomic E-state index is 0.325. The average molecular weight is 352 g/mol. The molecule has 2 aromatic carbocycles. The number of rotatable bonds is 12. The van der Waals surface area contributed by atoms with Crippen molar-refractivity contribution in [2.24, 2.45) is 4.99 Å². The molecule has 0 aliphatic heterocycles. The van der Waals surface area contributed by atoms with E-state index in [-0.39, 0.29) is 0 Å². The van der Waals surface area contributed by atoms with Gasteiger partial charge in [-0.25, -0.2) is 0 Å². The van der Waals surface area contributed by atoms with Gasteiger partial charge in [-0.05, 0) is 60.9 Å². The van der Waals surface area contributed by atoms with Gasteiger partial charge in [0.2, 0.25) is 0 Å². The summed E-state index contributed by atoms with van der Waals surface area (Å²) in [6.45, 7) is 2.55. The molecule has 0 atom stereocenters. The van der Waals surface area contributed by atoms with E-state index in [1.165, 1.54) is 43.2 Å². The van der Waals surface area contributed by atoms with Crippen LogP contribution in [-0.4, -0.2) is 17.9 Å². The molecule has 1 N–H and O–H groups in total. The summed E-state index contributed by atoms with van der Waals surface area (Å²) in [4.78, 5) is 4.59. The van der Waals surface area contributed by atoms with E-state index >= 15 is 0 Å². The molecule has 0 bridgehead atoms. The van der Waals surface area contributed by atoms with Crippen molar-refractivity contribution in [2.75, 3.05) is 6.61 Å². The largest absolute Gasteiger partial charge is 0.396 e. The monoisotopic (exact) mass is 351 g/mol. The highest BCUT2D eigenvalue weighted by molar-refractivity contribution is 5.81. The molecule has 2 nitrogen and oxygen atoms in total. The Hall–Kier alpha value is -1.93. The van der Waals surface area contributed by atoms with Gasteiger partial charge in [-0.1, -0.05) is 69.0 Å². The van der Waals surface area contributed by atoms with Crippen molar-refractivity contribution in [3.05, 3.63) is 65.2 Å². The molecule has 0 amide bonds. The zero-order valence-corrected chi connectivity index (χ0v) is 16.2. The topological polar surface area (TPSA) is 32.6 Å². The predicted octanol–water partition coefficient (Wildman–Crippen LogP) is 6.27. The standard InChI is InChI=1S/C24H33NO/c1-2-3-9-21-15-17-24(18-16-21)25-20-23-13-11-22(12-14-23)10-7-5-4-6-8-19-26/h11-18,20,26H,2-10,19H2,1H3. The summed E-state index contributed by atoms with van der Waals surface area (Å²) >= 11 is 0. The van der Waals surface area contributed by atoms with Crippen LogP contribution in [0.2, 0.25) is 0 Å². The smallest absolute Gasteiger partial charge is 0.0630 e. The van der Waals surface area contributed by atoms with Gasteiger partial charge in [0.25, 0.3) is 0 Å². The van der Waals surface area contributed by atoms with Crippen molar-refractivity contribution in [2.45, 2.75) is 64.7 Å². The number of aliphatic hydroxyl groups excluding tert-OH is 1. The van der Waals surface area contributed by atoms with Crippen LogP contribution in [0.1, 0.15) is 68.6 Å². The normalized spacial score (nSPS) is 11.3. The molecule has 26 heavy (non-hydrogen) atoms. The second kappa shape index (κ2) is 12.4. The van der Waals surface area contributed by atoms with Gasteiger partial charge < -0.3 is 5.11 Å². The fourth-order valence-corrected chi connectivity index (χ4v) is 3.02. The summed E-state index contributed by atoms with van der Waals surface area (Å²) in [5, 5.41) is 8.78. The number of aryl methyl sites for hydroxylation is 2. The number of hydrogen-bond acceptors (Lipinski definition) is 2. The van der Waals surface area contributed by atoms with E-state index in [1.54, 1.807) is 0 Å². The molecule has 2 rings (SSSR count). The van der Waals surface area contributed by atoms with E-state index < -0.39 is 0 Å². The van der Waals surface area contributed by atoms with Crippen molar-refractivity contribution < 1.29 is 5.11 Å². The SMILES string of the molecule is CCCCc1ccc(N=Cc2ccc(CCCCCCCO)cc2)cc1. The second-order valence-electron chi connectivity index (χ2n) is 7.01. The van der Waals surface area contributed by atoms with Crippen LogP contribution in [0.25, 0.3) is 0 Å². The fourth-order valence-electron chi connectivity index (χ4n) is 3.02. The maximum atomic E-state index is 8.78. The lowest BCUT2D eigenvalue weighted by Crippen LogP contribution is -1.89. The Morgan fingerprint density at radius 2 is 1.31 bits per heavy atom. The van der Waals surface area contributed by atoms with Crippen molar-refractivity contribution >= 4 is 11.9 Å². The van der Waals surface area contributed by atoms with Gasteiger partial charge in [-0.3, -0.25) is 4.99 Å². The van der Waals surface area contributed by atoms with Crippen molar-refractivity contribution in [3.63, 3.8) is 0 Å². The molecular formula is C24H33NO. The van der Waals surface area contributed by atoms with Gasteiger partial charge in [0, 0.05) is 12.8 Å². The summed E-state index contributed by atoms with van der Waals surface area (Å²) < 4.78 is 0. The Labute approximate surface area is 159 Å².